The van der Waals surface area contributed by atoms with Crippen LogP contribution in [0.2, 0.25) is 0 Å². The summed E-state index contributed by atoms with van der Waals surface area (Å²) in [5.74, 6) is 1.15. The second-order valence-corrected chi connectivity index (χ2v) is 4.93. The molecule has 0 spiro atoms. The number of aromatic nitrogens is 4. The van der Waals surface area contributed by atoms with Crippen LogP contribution >= 0.6 is 11.3 Å². The van der Waals surface area contributed by atoms with Gasteiger partial charge in [0, 0.05) is 7.05 Å². The minimum atomic E-state index is -0.529. The van der Waals surface area contributed by atoms with E-state index in [1.807, 2.05) is 11.4 Å². The van der Waals surface area contributed by atoms with E-state index in [-0.39, 0.29) is 5.82 Å². The molecule has 0 fully saturated rings. The Bertz CT molecular complexity index is 780. The largest absolute Gasteiger partial charge is 0.381 e. The lowest BCUT2D eigenvalue weighted by Gasteiger charge is -2.05. The van der Waals surface area contributed by atoms with Crippen molar-refractivity contribution in [3.8, 4) is 0 Å². The molecule has 0 aliphatic carbocycles. The van der Waals surface area contributed by atoms with Gasteiger partial charge < -0.3 is 20.0 Å². The van der Waals surface area contributed by atoms with E-state index in [4.69, 9.17) is 0 Å². The SMILES string of the molecule is CNc1nc(Cn2cnc([N+](=O)[O-])c2)nc2sccc12. The van der Waals surface area contributed by atoms with Crippen LogP contribution in [0.15, 0.2) is 24.0 Å². The molecule has 0 atom stereocenters. The number of nitrogens with zero attached hydrogens (tertiary/aromatic N) is 5. The van der Waals surface area contributed by atoms with Gasteiger partial charge in [0.05, 0.1) is 11.9 Å². The first-order valence-electron chi connectivity index (χ1n) is 5.75. The van der Waals surface area contributed by atoms with Crippen LogP contribution in [0.3, 0.4) is 0 Å². The third kappa shape index (κ3) is 2.18. The van der Waals surface area contributed by atoms with Crippen molar-refractivity contribution >= 4 is 33.2 Å². The molecular formula is C11H10N6O2S. The van der Waals surface area contributed by atoms with Crippen molar-refractivity contribution in [2.45, 2.75) is 6.54 Å². The summed E-state index contributed by atoms with van der Waals surface area (Å²) in [6.07, 6.45) is 2.76. The molecule has 20 heavy (non-hydrogen) atoms. The second-order valence-electron chi connectivity index (χ2n) is 4.04. The van der Waals surface area contributed by atoms with Crippen LogP contribution < -0.4 is 5.32 Å². The lowest BCUT2D eigenvalue weighted by molar-refractivity contribution is -0.389. The average molecular weight is 290 g/mol. The van der Waals surface area contributed by atoms with Gasteiger partial charge in [0.15, 0.2) is 5.82 Å². The van der Waals surface area contributed by atoms with Gasteiger partial charge in [-0.05, 0) is 21.4 Å². The van der Waals surface area contributed by atoms with Crippen LogP contribution in [0.25, 0.3) is 10.2 Å². The molecule has 0 aliphatic heterocycles. The maximum atomic E-state index is 10.6. The molecule has 0 unspecified atom stereocenters. The number of hydrogen-bond acceptors (Lipinski definition) is 7. The summed E-state index contributed by atoms with van der Waals surface area (Å²) >= 11 is 1.53. The van der Waals surface area contributed by atoms with Gasteiger partial charge in [-0.2, -0.15) is 0 Å². The molecule has 1 N–H and O–H groups in total. The normalized spacial score (nSPS) is 10.8. The summed E-state index contributed by atoms with van der Waals surface area (Å²) in [6, 6.07) is 1.96. The van der Waals surface area contributed by atoms with E-state index in [0.717, 1.165) is 16.0 Å². The quantitative estimate of drug-likeness (QED) is 0.582. The molecule has 3 aromatic heterocycles. The molecule has 0 saturated heterocycles. The summed E-state index contributed by atoms with van der Waals surface area (Å²) in [7, 11) is 1.80. The van der Waals surface area contributed by atoms with Gasteiger partial charge in [0.2, 0.25) is 6.33 Å². The van der Waals surface area contributed by atoms with E-state index in [0.29, 0.717) is 12.4 Å². The van der Waals surface area contributed by atoms with Crippen molar-refractivity contribution in [1.29, 1.82) is 0 Å². The van der Waals surface area contributed by atoms with Gasteiger partial charge in [-0.3, -0.25) is 0 Å². The van der Waals surface area contributed by atoms with Crippen LogP contribution in [0, 0.1) is 10.1 Å². The molecule has 0 radical (unpaired) electrons. The maximum Gasteiger partial charge on any atom is 0.381 e. The van der Waals surface area contributed by atoms with Gasteiger partial charge in [-0.15, -0.1) is 11.3 Å². The molecular weight excluding hydrogens is 280 g/mol. The van der Waals surface area contributed by atoms with Crippen LogP contribution in [0.1, 0.15) is 5.82 Å². The molecule has 0 bridgehead atoms. The third-order valence-electron chi connectivity index (χ3n) is 2.74. The third-order valence-corrected chi connectivity index (χ3v) is 3.55. The first-order valence-corrected chi connectivity index (χ1v) is 6.63. The highest BCUT2D eigenvalue weighted by molar-refractivity contribution is 7.16. The number of hydrogen-bond donors (Lipinski definition) is 1. The fraction of sp³-hybridized carbons (Fsp3) is 0.182. The first kappa shape index (κ1) is 12.5. The van der Waals surface area contributed by atoms with E-state index in [2.05, 4.69) is 20.3 Å². The molecule has 8 nitrogen and oxygen atoms in total. The van der Waals surface area contributed by atoms with Crippen molar-refractivity contribution in [1.82, 2.24) is 19.5 Å². The lowest BCUT2D eigenvalue weighted by Crippen LogP contribution is -2.05. The van der Waals surface area contributed by atoms with Gasteiger partial charge in [0.1, 0.15) is 16.8 Å². The smallest absolute Gasteiger partial charge is 0.372 e. The number of imidazole rings is 1. The van der Waals surface area contributed by atoms with Crippen LogP contribution in [-0.2, 0) is 6.54 Å². The zero-order chi connectivity index (χ0) is 14.1. The molecule has 0 amide bonds. The van der Waals surface area contributed by atoms with Crippen molar-refractivity contribution < 1.29 is 4.92 Å². The Morgan fingerprint density at radius 2 is 2.35 bits per heavy atom. The highest BCUT2D eigenvalue weighted by atomic mass is 32.1. The molecule has 9 heteroatoms. The molecule has 102 valence electrons. The number of fused-ring (bicyclic) bond motifs is 1. The molecule has 0 saturated carbocycles. The van der Waals surface area contributed by atoms with E-state index in [1.165, 1.54) is 23.9 Å². The summed E-state index contributed by atoms with van der Waals surface area (Å²) in [4.78, 5) is 23.5. The summed E-state index contributed by atoms with van der Waals surface area (Å²) in [6.45, 7) is 0.337. The summed E-state index contributed by atoms with van der Waals surface area (Å²) < 4.78 is 1.59. The van der Waals surface area contributed by atoms with Gasteiger partial charge in [-0.25, -0.2) is 9.97 Å². The zero-order valence-corrected chi connectivity index (χ0v) is 11.3. The topological polar surface area (TPSA) is 98.8 Å². The minimum Gasteiger partial charge on any atom is -0.372 e. The van der Waals surface area contributed by atoms with E-state index in [9.17, 15) is 10.1 Å². The Morgan fingerprint density at radius 3 is 3.05 bits per heavy atom. The molecule has 3 aromatic rings. The Balaban J connectivity index is 1.95. The maximum absolute atomic E-state index is 10.6. The Morgan fingerprint density at radius 1 is 1.50 bits per heavy atom. The number of anilines is 1. The molecule has 0 aromatic carbocycles. The molecule has 3 rings (SSSR count). The Hall–Kier alpha value is -2.55. The number of rotatable bonds is 4. The lowest BCUT2D eigenvalue weighted by atomic mass is 10.3. The average Bonchev–Trinajstić information content (AvgIpc) is 3.06. The Kier molecular flexibility index (Phi) is 3.03. The molecule has 3 heterocycles. The zero-order valence-electron chi connectivity index (χ0n) is 10.5. The monoisotopic (exact) mass is 290 g/mol. The predicted octanol–water partition coefficient (Wildman–Crippen LogP) is 1.89. The van der Waals surface area contributed by atoms with Gasteiger partial charge >= 0.3 is 5.82 Å². The Labute approximate surface area is 117 Å². The fourth-order valence-corrected chi connectivity index (χ4v) is 2.64. The number of nitrogens with one attached hydrogen (secondary N) is 1. The fourth-order valence-electron chi connectivity index (χ4n) is 1.85. The van der Waals surface area contributed by atoms with Crippen LogP contribution in [0.4, 0.5) is 11.6 Å². The summed E-state index contributed by atoms with van der Waals surface area (Å²) in [5.41, 5.74) is 0. The predicted molar refractivity (Wildman–Crippen MR) is 74.9 cm³/mol. The highest BCUT2D eigenvalue weighted by Gasteiger charge is 2.12. The summed E-state index contributed by atoms with van der Waals surface area (Å²) in [5, 5.41) is 16.5. The van der Waals surface area contributed by atoms with Crippen LogP contribution in [0.5, 0.6) is 0 Å². The van der Waals surface area contributed by atoms with E-state index >= 15 is 0 Å². The first-order chi connectivity index (χ1) is 9.67. The standard InChI is InChI=1S/C11H10N6O2S/c1-12-10-7-2-3-20-11(7)15-8(14-10)4-16-5-9(13-6-16)17(18)19/h2-3,5-6H,4H2,1H3,(H,12,14,15). The number of thiophene rings is 1. The number of nitro groups is 1. The van der Waals surface area contributed by atoms with Crippen molar-refractivity contribution in [3.05, 3.63) is 39.9 Å². The van der Waals surface area contributed by atoms with E-state index in [1.54, 1.807) is 11.6 Å². The van der Waals surface area contributed by atoms with E-state index < -0.39 is 4.92 Å². The van der Waals surface area contributed by atoms with Crippen molar-refractivity contribution in [3.63, 3.8) is 0 Å². The van der Waals surface area contributed by atoms with Crippen molar-refractivity contribution in [2.75, 3.05) is 12.4 Å². The van der Waals surface area contributed by atoms with Gasteiger partial charge in [0.25, 0.3) is 0 Å². The minimum absolute atomic E-state index is 0.184. The molecule has 0 aliphatic rings. The van der Waals surface area contributed by atoms with Crippen molar-refractivity contribution in [2.24, 2.45) is 0 Å². The van der Waals surface area contributed by atoms with Gasteiger partial charge in [-0.1, -0.05) is 0 Å². The second kappa shape index (κ2) is 4.85. The van der Waals surface area contributed by atoms with Crippen LogP contribution in [-0.4, -0.2) is 31.5 Å². The highest BCUT2D eigenvalue weighted by Crippen LogP contribution is 2.24.